The van der Waals surface area contributed by atoms with E-state index < -0.39 is 10.0 Å². The van der Waals surface area contributed by atoms with Gasteiger partial charge in [-0.25, -0.2) is 13.1 Å². The summed E-state index contributed by atoms with van der Waals surface area (Å²) < 4.78 is 38.2. The minimum Gasteiger partial charge on any atom is -0.495 e. The molecular formula is C17H24N2O5S. The van der Waals surface area contributed by atoms with Gasteiger partial charge in [0, 0.05) is 24.8 Å². The average molecular weight is 368 g/mol. The second-order valence-electron chi connectivity index (χ2n) is 6.55. The lowest BCUT2D eigenvalue weighted by molar-refractivity contribution is 0.0536. The fourth-order valence-electron chi connectivity index (χ4n) is 2.82. The predicted octanol–water partition coefficient (Wildman–Crippen LogP) is 1.29. The van der Waals surface area contributed by atoms with Crippen LogP contribution in [0.3, 0.4) is 0 Å². The predicted molar refractivity (Wildman–Crippen MR) is 92.2 cm³/mol. The molecule has 1 aliphatic heterocycles. The van der Waals surface area contributed by atoms with Gasteiger partial charge in [0.2, 0.25) is 10.0 Å². The van der Waals surface area contributed by atoms with E-state index in [2.05, 4.69) is 10.0 Å². The maximum absolute atomic E-state index is 12.5. The molecule has 0 radical (unpaired) electrons. The second kappa shape index (κ2) is 7.72. The van der Waals surface area contributed by atoms with E-state index >= 15 is 0 Å². The summed E-state index contributed by atoms with van der Waals surface area (Å²) in [6.07, 6.45) is 3.70. The van der Waals surface area contributed by atoms with Crippen molar-refractivity contribution in [2.75, 3.05) is 26.9 Å². The molecule has 2 fully saturated rings. The van der Waals surface area contributed by atoms with Gasteiger partial charge in [0.05, 0.1) is 13.7 Å². The van der Waals surface area contributed by atoms with E-state index in [1.54, 1.807) is 6.07 Å². The molecule has 7 nitrogen and oxygen atoms in total. The van der Waals surface area contributed by atoms with Gasteiger partial charge in [0.1, 0.15) is 10.6 Å². The highest BCUT2D eigenvalue weighted by Gasteiger charge is 2.30. The van der Waals surface area contributed by atoms with Crippen molar-refractivity contribution in [2.45, 2.75) is 36.6 Å². The minimum atomic E-state index is -3.71. The van der Waals surface area contributed by atoms with Gasteiger partial charge in [-0.05, 0) is 49.8 Å². The van der Waals surface area contributed by atoms with E-state index in [0.29, 0.717) is 24.6 Å². The summed E-state index contributed by atoms with van der Waals surface area (Å²) in [7, 11) is -2.30. The highest BCUT2D eigenvalue weighted by atomic mass is 32.2. The van der Waals surface area contributed by atoms with Crippen LogP contribution in [0.25, 0.3) is 0 Å². The Morgan fingerprint density at radius 2 is 2.12 bits per heavy atom. The van der Waals surface area contributed by atoms with Crippen molar-refractivity contribution in [3.05, 3.63) is 23.8 Å². The van der Waals surface area contributed by atoms with Crippen molar-refractivity contribution in [3.8, 4) is 5.75 Å². The smallest absolute Gasteiger partial charge is 0.251 e. The summed E-state index contributed by atoms with van der Waals surface area (Å²) in [5.74, 6) is 0.233. The molecule has 1 amide bonds. The van der Waals surface area contributed by atoms with Crippen LogP contribution in [0, 0.1) is 5.92 Å². The Balaban J connectivity index is 1.72. The Morgan fingerprint density at radius 1 is 1.32 bits per heavy atom. The highest BCUT2D eigenvalue weighted by Crippen LogP contribution is 2.28. The first kappa shape index (κ1) is 18.2. The Kier molecular flexibility index (Phi) is 5.61. The van der Waals surface area contributed by atoms with Crippen molar-refractivity contribution in [1.82, 2.24) is 10.0 Å². The topological polar surface area (TPSA) is 93.7 Å². The lowest BCUT2D eigenvalue weighted by atomic mass is 10.0. The van der Waals surface area contributed by atoms with Gasteiger partial charge in [0.25, 0.3) is 5.91 Å². The molecule has 3 rings (SSSR count). The number of amides is 1. The van der Waals surface area contributed by atoms with Crippen LogP contribution in [0.15, 0.2) is 23.1 Å². The van der Waals surface area contributed by atoms with Crippen LogP contribution >= 0.6 is 0 Å². The van der Waals surface area contributed by atoms with Crippen molar-refractivity contribution in [3.63, 3.8) is 0 Å². The number of hydrogen-bond donors (Lipinski definition) is 2. The normalized spacial score (nSPS) is 20.9. The first-order valence-electron chi connectivity index (χ1n) is 8.56. The molecule has 8 heteroatoms. The second-order valence-corrected chi connectivity index (χ2v) is 8.24. The summed E-state index contributed by atoms with van der Waals surface area (Å²) in [4.78, 5) is 12.4. The van der Waals surface area contributed by atoms with Crippen molar-refractivity contribution >= 4 is 15.9 Å². The standard InChI is InChI=1S/C17H24N2O5S/c1-23-15-7-4-13(9-16(15)25(21,22)19-14-5-6-14)17(20)18-10-12-3-2-8-24-11-12/h4,7,9,12,14,19H,2-3,5-6,8,10-11H2,1H3,(H,18,20). The quantitative estimate of drug-likeness (QED) is 0.756. The molecule has 1 aliphatic carbocycles. The number of hydrogen-bond acceptors (Lipinski definition) is 5. The first-order valence-corrected chi connectivity index (χ1v) is 10.0. The summed E-state index contributed by atoms with van der Waals surface area (Å²) >= 11 is 0. The van der Waals surface area contributed by atoms with E-state index in [9.17, 15) is 13.2 Å². The number of carbonyl (C=O) groups excluding carboxylic acids is 1. The molecule has 138 valence electrons. The molecule has 1 saturated heterocycles. The Hall–Kier alpha value is -1.64. The van der Waals surface area contributed by atoms with Crippen LogP contribution in [0.2, 0.25) is 0 Å². The molecule has 1 aromatic rings. The zero-order valence-electron chi connectivity index (χ0n) is 14.3. The van der Waals surface area contributed by atoms with Gasteiger partial charge in [-0.1, -0.05) is 0 Å². The number of methoxy groups -OCH3 is 1. The van der Waals surface area contributed by atoms with Crippen LogP contribution in [0.4, 0.5) is 0 Å². The number of ether oxygens (including phenoxy) is 2. The molecule has 2 N–H and O–H groups in total. The zero-order chi connectivity index (χ0) is 17.9. The highest BCUT2D eigenvalue weighted by molar-refractivity contribution is 7.89. The fourth-order valence-corrected chi connectivity index (χ4v) is 4.32. The van der Waals surface area contributed by atoms with Gasteiger partial charge in [-0.2, -0.15) is 0 Å². The van der Waals surface area contributed by atoms with Crippen LogP contribution in [0.1, 0.15) is 36.0 Å². The molecule has 0 spiro atoms. The lowest BCUT2D eigenvalue weighted by Gasteiger charge is -2.22. The molecule has 1 heterocycles. The molecule has 0 aromatic heterocycles. The van der Waals surface area contributed by atoms with Gasteiger partial charge in [0.15, 0.2) is 0 Å². The fraction of sp³-hybridized carbons (Fsp3) is 0.588. The molecule has 1 atom stereocenters. The maximum Gasteiger partial charge on any atom is 0.251 e. The molecule has 25 heavy (non-hydrogen) atoms. The summed E-state index contributed by atoms with van der Waals surface area (Å²) in [5, 5.41) is 2.86. The monoisotopic (exact) mass is 368 g/mol. The maximum atomic E-state index is 12.5. The van der Waals surface area contributed by atoms with E-state index in [1.165, 1.54) is 19.2 Å². The third-order valence-corrected chi connectivity index (χ3v) is 5.96. The third-order valence-electron chi connectivity index (χ3n) is 4.42. The number of nitrogens with one attached hydrogen (secondary N) is 2. The lowest BCUT2D eigenvalue weighted by Crippen LogP contribution is -2.33. The molecule has 1 saturated carbocycles. The van der Waals surface area contributed by atoms with Gasteiger partial charge < -0.3 is 14.8 Å². The average Bonchev–Trinajstić information content (AvgIpc) is 3.43. The van der Waals surface area contributed by atoms with Crippen LogP contribution in [-0.4, -0.2) is 47.2 Å². The van der Waals surface area contributed by atoms with E-state index in [0.717, 1.165) is 32.3 Å². The van der Waals surface area contributed by atoms with Gasteiger partial charge in [-0.3, -0.25) is 4.79 Å². The van der Waals surface area contributed by atoms with Crippen molar-refractivity contribution < 1.29 is 22.7 Å². The summed E-state index contributed by atoms with van der Waals surface area (Å²) in [5.41, 5.74) is 0.300. The van der Waals surface area contributed by atoms with Crippen molar-refractivity contribution in [2.24, 2.45) is 5.92 Å². The van der Waals surface area contributed by atoms with Gasteiger partial charge >= 0.3 is 0 Å². The van der Waals surface area contributed by atoms with E-state index in [1.807, 2.05) is 0 Å². The van der Waals surface area contributed by atoms with Crippen LogP contribution < -0.4 is 14.8 Å². The Labute approximate surface area is 148 Å². The van der Waals surface area contributed by atoms with E-state index in [-0.39, 0.29) is 22.6 Å². The van der Waals surface area contributed by atoms with E-state index in [4.69, 9.17) is 9.47 Å². The molecular weight excluding hydrogens is 344 g/mol. The molecule has 2 aliphatic rings. The summed E-state index contributed by atoms with van der Waals surface area (Å²) in [6.45, 7) is 1.94. The number of benzene rings is 1. The third kappa shape index (κ3) is 4.71. The van der Waals surface area contributed by atoms with Crippen LogP contribution in [-0.2, 0) is 14.8 Å². The zero-order valence-corrected chi connectivity index (χ0v) is 15.1. The molecule has 1 aromatic carbocycles. The number of carbonyl (C=O) groups is 1. The Morgan fingerprint density at radius 3 is 2.76 bits per heavy atom. The van der Waals surface area contributed by atoms with Gasteiger partial charge in [-0.15, -0.1) is 0 Å². The molecule has 0 bridgehead atoms. The van der Waals surface area contributed by atoms with Crippen molar-refractivity contribution in [1.29, 1.82) is 0 Å². The summed E-state index contributed by atoms with van der Waals surface area (Å²) in [6, 6.07) is 4.44. The molecule has 1 unspecified atom stereocenters. The number of rotatable bonds is 7. The number of sulfonamides is 1. The van der Waals surface area contributed by atoms with Crippen LogP contribution in [0.5, 0.6) is 5.75 Å². The first-order chi connectivity index (χ1) is 12.0. The SMILES string of the molecule is COc1ccc(C(=O)NCC2CCCOC2)cc1S(=O)(=O)NC1CC1. The Bertz CT molecular complexity index is 725. The largest absolute Gasteiger partial charge is 0.495 e. The minimum absolute atomic E-state index is 0.00412.